The summed E-state index contributed by atoms with van der Waals surface area (Å²) in [7, 11) is 1.92. The molecule has 5 nitrogen and oxygen atoms in total. The Morgan fingerprint density at radius 2 is 2.56 bits per heavy atom. The lowest BCUT2D eigenvalue weighted by Crippen LogP contribution is -2.40. The number of carbonyl (C=O) groups excluding carboxylic acids is 1. The average Bonchev–Trinajstić information content (AvgIpc) is 2.81. The molecule has 0 saturated carbocycles. The van der Waals surface area contributed by atoms with Crippen LogP contribution in [0.25, 0.3) is 0 Å². The standard InChI is InChI=1S/C13H22N4O/c1-17-10-11(8-16-17)4-2-7-15-13(18)12-5-3-6-14-9-12/h8,10,12,14H,2-7,9H2,1H3,(H,15,18). The van der Waals surface area contributed by atoms with Crippen LogP contribution in [-0.4, -0.2) is 35.3 Å². The predicted octanol–water partition coefficient (Wildman–Crippen LogP) is 0.469. The topological polar surface area (TPSA) is 59.0 Å². The van der Waals surface area contributed by atoms with E-state index < -0.39 is 0 Å². The third kappa shape index (κ3) is 3.84. The highest BCUT2D eigenvalue weighted by Gasteiger charge is 2.19. The maximum absolute atomic E-state index is 11.8. The second kappa shape index (κ2) is 6.54. The summed E-state index contributed by atoms with van der Waals surface area (Å²) in [6.07, 6.45) is 7.96. The number of nitrogens with zero attached hydrogens (tertiary/aromatic N) is 2. The van der Waals surface area contributed by atoms with Gasteiger partial charge in [-0.2, -0.15) is 5.10 Å². The number of piperidine rings is 1. The summed E-state index contributed by atoms with van der Waals surface area (Å²) in [6, 6.07) is 0. The number of rotatable bonds is 5. The molecule has 1 aromatic heterocycles. The predicted molar refractivity (Wildman–Crippen MR) is 70.1 cm³/mol. The Labute approximate surface area is 108 Å². The minimum Gasteiger partial charge on any atom is -0.356 e. The monoisotopic (exact) mass is 250 g/mol. The van der Waals surface area contributed by atoms with Crippen LogP contribution in [0.4, 0.5) is 0 Å². The van der Waals surface area contributed by atoms with Crippen molar-refractivity contribution in [1.82, 2.24) is 20.4 Å². The minimum atomic E-state index is 0.164. The Kier molecular flexibility index (Phi) is 4.75. The van der Waals surface area contributed by atoms with E-state index in [1.54, 1.807) is 0 Å². The van der Waals surface area contributed by atoms with Crippen molar-refractivity contribution in [3.8, 4) is 0 Å². The summed E-state index contributed by atoms with van der Waals surface area (Å²) in [5.74, 6) is 0.366. The highest BCUT2D eigenvalue weighted by molar-refractivity contribution is 5.78. The van der Waals surface area contributed by atoms with Crippen LogP contribution in [0, 0.1) is 5.92 Å². The number of hydrogen-bond acceptors (Lipinski definition) is 3. The van der Waals surface area contributed by atoms with Gasteiger partial charge in [-0.3, -0.25) is 9.48 Å². The molecule has 1 unspecified atom stereocenters. The number of nitrogens with one attached hydrogen (secondary N) is 2. The molecule has 1 fully saturated rings. The highest BCUT2D eigenvalue weighted by atomic mass is 16.1. The van der Waals surface area contributed by atoms with Crippen molar-refractivity contribution in [2.24, 2.45) is 13.0 Å². The van der Waals surface area contributed by atoms with Crippen LogP contribution in [-0.2, 0) is 18.3 Å². The zero-order valence-corrected chi connectivity index (χ0v) is 11.0. The number of aromatic nitrogens is 2. The maximum atomic E-state index is 11.8. The Hall–Kier alpha value is -1.36. The smallest absolute Gasteiger partial charge is 0.224 e. The molecule has 0 bridgehead atoms. The molecule has 1 aliphatic rings. The largest absolute Gasteiger partial charge is 0.356 e. The van der Waals surface area contributed by atoms with Gasteiger partial charge in [0.1, 0.15) is 0 Å². The Balaban J connectivity index is 1.61. The molecule has 2 heterocycles. The van der Waals surface area contributed by atoms with E-state index in [0.29, 0.717) is 0 Å². The lowest BCUT2D eigenvalue weighted by Gasteiger charge is -2.21. The van der Waals surface area contributed by atoms with Crippen molar-refractivity contribution in [3.63, 3.8) is 0 Å². The van der Waals surface area contributed by atoms with Gasteiger partial charge in [0.25, 0.3) is 0 Å². The van der Waals surface area contributed by atoms with Crippen molar-refractivity contribution < 1.29 is 4.79 Å². The van der Waals surface area contributed by atoms with Gasteiger partial charge in [0.05, 0.1) is 12.1 Å². The van der Waals surface area contributed by atoms with Gasteiger partial charge in [-0.25, -0.2) is 0 Å². The quantitative estimate of drug-likeness (QED) is 0.747. The molecule has 2 rings (SSSR count). The lowest BCUT2D eigenvalue weighted by atomic mass is 9.99. The first kappa shape index (κ1) is 13.1. The molecule has 0 radical (unpaired) electrons. The fourth-order valence-corrected chi connectivity index (χ4v) is 2.33. The van der Waals surface area contributed by atoms with Crippen LogP contribution >= 0.6 is 0 Å². The van der Waals surface area contributed by atoms with Gasteiger partial charge in [0, 0.05) is 26.3 Å². The molecule has 18 heavy (non-hydrogen) atoms. The van der Waals surface area contributed by atoms with E-state index in [-0.39, 0.29) is 11.8 Å². The van der Waals surface area contributed by atoms with E-state index in [9.17, 15) is 4.79 Å². The van der Waals surface area contributed by atoms with E-state index in [1.807, 2.05) is 24.1 Å². The molecular weight excluding hydrogens is 228 g/mol. The first-order valence-electron chi connectivity index (χ1n) is 6.71. The molecule has 1 aliphatic heterocycles. The molecule has 5 heteroatoms. The zero-order chi connectivity index (χ0) is 12.8. The molecule has 1 amide bonds. The Morgan fingerprint density at radius 3 is 3.22 bits per heavy atom. The summed E-state index contributed by atoms with van der Waals surface area (Å²) >= 11 is 0. The van der Waals surface area contributed by atoms with E-state index in [0.717, 1.165) is 45.3 Å². The van der Waals surface area contributed by atoms with E-state index in [4.69, 9.17) is 0 Å². The number of aryl methyl sites for hydroxylation is 2. The van der Waals surface area contributed by atoms with E-state index in [2.05, 4.69) is 15.7 Å². The van der Waals surface area contributed by atoms with Gasteiger partial charge in [0.2, 0.25) is 5.91 Å². The Morgan fingerprint density at radius 1 is 1.67 bits per heavy atom. The number of carbonyl (C=O) groups is 1. The summed E-state index contributed by atoms with van der Waals surface area (Å²) in [6.45, 7) is 2.63. The van der Waals surface area contributed by atoms with E-state index >= 15 is 0 Å². The van der Waals surface area contributed by atoms with Crippen molar-refractivity contribution in [3.05, 3.63) is 18.0 Å². The first-order valence-corrected chi connectivity index (χ1v) is 6.71. The molecule has 100 valence electrons. The summed E-state index contributed by atoms with van der Waals surface area (Å²) in [5.41, 5.74) is 1.23. The van der Waals surface area contributed by atoms with Crippen LogP contribution in [0.15, 0.2) is 12.4 Å². The second-order valence-corrected chi connectivity index (χ2v) is 4.96. The number of amides is 1. The zero-order valence-electron chi connectivity index (χ0n) is 11.0. The lowest BCUT2D eigenvalue weighted by molar-refractivity contribution is -0.125. The van der Waals surface area contributed by atoms with Crippen LogP contribution in [0.2, 0.25) is 0 Å². The van der Waals surface area contributed by atoms with Crippen molar-refractivity contribution in [1.29, 1.82) is 0 Å². The fourth-order valence-electron chi connectivity index (χ4n) is 2.33. The molecule has 1 atom stereocenters. The number of hydrogen-bond donors (Lipinski definition) is 2. The van der Waals surface area contributed by atoms with Gasteiger partial charge < -0.3 is 10.6 Å². The molecule has 0 aliphatic carbocycles. The van der Waals surface area contributed by atoms with Crippen LogP contribution in [0.5, 0.6) is 0 Å². The second-order valence-electron chi connectivity index (χ2n) is 4.96. The third-order valence-corrected chi connectivity index (χ3v) is 3.37. The third-order valence-electron chi connectivity index (χ3n) is 3.37. The summed E-state index contributed by atoms with van der Waals surface area (Å²) < 4.78 is 1.81. The molecule has 0 spiro atoms. The normalized spacial score (nSPS) is 19.7. The molecule has 0 aromatic carbocycles. The summed E-state index contributed by atoms with van der Waals surface area (Å²) in [5, 5.41) is 10.4. The Bertz CT molecular complexity index is 382. The van der Waals surface area contributed by atoms with Gasteiger partial charge in [-0.1, -0.05) is 0 Å². The van der Waals surface area contributed by atoms with E-state index in [1.165, 1.54) is 5.56 Å². The maximum Gasteiger partial charge on any atom is 0.224 e. The van der Waals surface area contributed by atoms with Gasteiger partial charge >= 0.3 is 0 Å². The summed E-state index contributed by atoms with van der Waals surface area (Å²) in [4.78, 5) is 11.8. The molecule has 1 saturated heterocycles. The fraction of sp³-hybridized carbons (Fsp3) is 0.692. The molecule has 2 N–H and O–H groups in total. The first-order chi connectivity index (χ1) is 8.75. The van der Waals surface area contributed by atoms with Gasteiger partial charge in [-0.05, 0) is 37.8 Å². The van der Waals surface area contributed by atoms with Crippen molar-refractivity contribution >= 4 is 5.91 Å². The highest BCUT2D eigenvalue weighted by Crippen LogP contribution is 2.09. The van der Waals surface area contributed by atoms with Gasteiger partial charge in [-0.15, -0.1) is 0 Å². The van der Waals surface area contributed by atoms with Gasteiger partial charge in [0.15, 0.2) is 0 Å². The van der Waals surface area contributed by atoms with Crippen molar-refractivity contribution in [2.45, 2.75) is 25.7 Å². The average molecular weight is 250 g/mol. The minimum absolute atomic E-state index is 0.164. The SMILES string of the molecule is Cn1cc(CCCNC(=O)C2CCCNC2)cn1. The van der Waals surface area contributed by atoms with Crippen LogP contribution in [0.1, 0.15) is 24.8 Å². The van der Waals surface area contributed by atoms with Crippen LogP contribution < -0.4 is 10.6 Å². The molecular formula is C13H22N4O. The molecule has 1 aromatic rings. The van der Waals surface area contributed by atoms with Crippen molar-refractivity contribution in [2.75, 3.05) is 19.6 Å². The van der Waals surface area contributed by atoms with Crippen LogP contribution in [0.3, 0.4) is 0 Å².